The minimum Gasteiger partial charge on any atom is -0.394 e. The maximum Gasteiger partial charge on any atom is 0.333 e. The first kappa shape index (κ1) is 49.1. The molecule has 0 N–H and O–H groups in total. The number of terminal acetylenes is 1. The summed E-state index contributed by atoms with van der Waals surface area (Å²) >= 11 is 0. The van der Waals surface area contributed by atoms with Crippen molar-refractivity contribution in [1.82, 2.24) is 4.90 Å². The molecule has 0 radical (unpaired) electrons. The summed E-state index contributed by atoms with van der Waals surface area (Å²) in [6, 6.07) is 0. The highest BCUT2D eigenvalue weighted by Gasteiger charge is 2.29. The van der Waals surface area contributed by atoms with Crippen LogP contribution >= 0.6 is 0 Å². The van der Waals surface area contributed by atoms with Gasteiger partial charge in [-0.05, 0) is 96.8 Å². The summed E-state index contributed by atoms with van der Waals surface area (Å²) in [7, 11) is -0.146. The fourth-order valence-electron chi connectivity index (χ4n) is 7.50. The van der Waals surface area contributed by atoms with Gasteiger partial charge in [-0.2, -0.15) is 0 Å². The smallest absolute Gasteiger partial charge is 0.333 e. The largest absolute Gasteiger partial charge is 0.394 e. The lowest BCUT2D eigenvalue weighted by molar-refractivity contribution is -0.104. The molecule has 4 nitrogen and oxygen atoms in total. The third kappa shape index (κ3) is 33.6. The highest BCUT2D eigenvalue weighted by molar-refractivity contribution is 6.64. The molecule has 52 heavy (non-hydrogen) atoms. The first-order valence-electron chi connectivity index (χ1n) is 22.8. The van der Waals surface area contributed by atoms with Gasteiger partial charge in [-0.25, -0.2) is 0 Å². The Hall–Kier alpha value is -0.903. The van der Waals surface area contributed by atoms with Crippen molar-refractivity contribution in [3.63, 3.8) is 0 Å². The summed E-state index contributed by atoms with van der Waals surface area (Å²) in [5.41, 5.74) is 0. The molecular formula is C47H89NO3Si. The lowest BCUT2D eigenvalue weighted by Gasteiger charge is -2.29. The second kappa shape index (κ2) is 37.0. The zero-order valence-electron chi connectivity index (χ0n) is 35.5. The second-order valence-corrected chi connectivity index (χ2v) is 19.8. The third-order valence-corrected chi connectivity index (χ3v) is 12.6. The van der Waals surface area contributed by atoms with Gasteiger partial charge in [0, 0.05) is 13.2 Å². The molecule has 0 spiro atoms. The van der Waals surface area contributed by atoms with Gasteiger partial charge in [-0.1, -0.05) is 172 Å². The van der Waals surface area contributed by atoms with Gasteiger partial charge in [0.2, 0.25) is 0 Å². The molecule has 1 aliphatic carbocycles. The van der Waals surface area contributed by atoms with E-state index in [9.17, 15) is 0 Å². The molecule has 0 amide bonds. The van der Waals surface area contributed by atoms with Crippen LogP contribution in [0, 0.1) is 18.3 Å². The average molecular weight is 744 g/mol. The van der Waals surface area contributed by atoms with Crippen molar-refractivity contribution in [2.75, 3.05) is 33.4 Å². The van der Waals surface area contributed by atoms with Gasteiger partial charge in [-0.15, -0.1) is 6.42 Å². The number of ether oxygens (including phenoxy) is 1. The molecule has 1 fully saturated rings. The molecule has 0 aromatic rings. The Morgan fingerprint density at radius 3 is 1.88 bits per heavy atom. The van der Waals surface area contributed by atoms with Crippen molar-refractivity contribution in [2.45, 2.75) is 225 Å². The summed E-state index contributed by atoms with van der Waals surface area (Å²) < 4.78 is 19.4. The van der Waals surface area contributed by atoms with E-state index in [0.717, 1.165) is 57.9 Å². The Bertz CT molecular complexity index is 846. The highest BCUT2D eigenvalue weighted by atomic mass is 28.4. The van der Waals surface area contributed by atoms with Gasteiger partial charge in [0.05, 0.1) is 6.54 Å². The molecule has 0 aliphatic heterocycles. The van der Waals surface area contributed by atoms with Crippen LogP contribution in [0.5, 0.6) is 0 Å². The zero-order valence-corrected chi connectivity index (χ0v) is 36.5. The molecule has 0 aromatic heterocycles. The number of hydrogen-bond acceptors (Lipinski definition) is 4. The lowest BCUT2D eigenvalue weighted by atomic mass is 9.85. The summed E-state index contributed by atoms with van der Waals surface area (Å²) in [6.45, 7) is 10.1. The number of allylic oxidation sites excluding steroid dienone is 4. The van der Waals surface area contributed by atoms with Gasteiger partial charge in [-0.3, -0.25) is 4.90 Å². The maximum absolute atomic E-state index is 6.63. The topological polar surface area (TPSA) is 30.9 Å². The Labute approximate surface area is 327 Å². The summed E-state index contributed by atoms with van der Waals surface area (Å²) in [4.78, 5) is 2.22. The molecule has 1 rings (SSSR count). The van der Waals surface area contributed by atoms with Crippen molar-refractivity contribution in [2.24, 2.45) is 5.92 Å². The van der Waals surface area contributed by atoms with Crippen molar-refractivity contribution in [3.05, 3.63) is 24.3 Å². The Morgan fingerprint density at radius 1 is 0.673 bits per heavy atom. The summed E-state index contributed by atoms with van der Waals surface area (Å²) in [6.07, 6.45) is 55.5. The maximum atomic E-state index is 6.63. The predicted molar refractivity (Wildman–Crippen MR) is 231 cm³/mol. The SMILES string of the molecule is C#CCN(C)CCCCCCO[Si](C)(C)OC(CCCCCCCCCCC1CCCCC1)OCCCCCCCC/C=C\C/C=C\CCCCC. The summed E-state index contributed by atoms with van der Waals surface area (Å²) in [5, 5.41) is 0. The number of unbranched alkanes of at least 4 members (excludes halogenated alkanes) is 19. The zero-order chi connectivity index (χ0) is 37.6. The molecule has 0 bridgehead atoms. The van der Waals surface area contributed by atoms with E-state index in [4.69, 9.17) is 20.0 Å². The molecule has 304 valence electrons. The van der Waals surface area contributed by atoms with E-state index in [2.05, 4.69) is 62.2 Å². The van der Waals surface area contributed by atoms with Crippen LogP contribution < -0.4 is 0 Å². The molecule has 0 aromatic carbocycles. The van der Waals surface area contributed by atoms with Crippen LogP contribution in [0.2, 0.25) is 13.1 Å². The van der Waals surface area contributed by atoms with E-state index in [1.807, 2.05) is 0 Å². The van der Waals surface area contributed by atoms with E-state index in [-0.39, 0.29) is 6.29 Å². The Morgan fingerprint density at radius 2 is 1.23 bits per heavy atom. The van der Waals surface area contributed by atoms with Crippen molar-refractivity contribution in [1.29, 1.82) is 0 Å². The van der Waals surface area contributed by atoms with E-state index < -0.39 is 8.56 Å². The number of hydrogen-bond donors (Lipinski definition) is 0. The third-order valence-electron chi connectivity index (χ3n) is 10.8. The summed E-state index contributed by atoms with van der Waals surface area (Å²) in [5.74, 6) is 3.77. The standard InChI is InChI=1S/C47H89NO3Si/c1-6-8-9-10-11-12-13-14-15-16-17-18-21-24-28-36-44-49-47(51-52(4,5)50-45-37-29-27-35-43-48(3)42-7-2)41-34-26-23-20-19-22-25-31-38-46-39-32-30-33-40-46/h2,11-12,14-15,46-47H,6,8-10,13,16-45H2,1,3-5H3/b12-11-,15-14-. The van der Waals surface area contributed by atoms with E-state index in [1.54, 1.807) is 0 Å². The van der Waals surface area contributed by atoms with Crippen LogP contribution in [0.4, 0.5) is 0 Å². The van der Waals surface area contributed by atoms with Crippen molar-refractivity contribution < 1.29 is 13.6 Å². The monoisotopic (exact) mass is 744 g/mol. The molecule has 5 heteroatoms. The van der Waals surface area contributed by atoms with E-state index in [1.165, 1.54) is 173 Å². The van der Waals surface area contributed by atoms with E-state index >= 15 is 0 Å². The van der Waals surface area contributed by atoms with Gasteiger partial charge >= 0.3 is 8.56 Å². The van der Waals surface area contributed by atoms with Crippen LogP contribution in [-0.2, 0) is 13.6 Å². The van der Waals surface area contributed by atoms with Crippen LogP contribution in [0.15, 0.2) is 24.3 Å². The lowest BCUT2D eigenvalue weighted by Crippen LogP contribution is -2.40. The van der Waals surface area contributed by atoms with Gasteiger partial charge < -0.3 is 13.6 Å². The van der Waals surface area contributed by atoms with Gasteiger partial charge in [0.1, 0.15) is 6.29 Å². The van der Waals surface area contributed by atoms with Crippen molar-refractivity contribution >= 4 is 8.56 Å². The van der Waals surface area contributed by atoms with Crippen LogP contribution in [0.1, 0.15) is 206 Å². The minimum absolute atomic E-state index is 0.119. The van der Waals surface area contributed by atoms with Crippen LogP contribution in [0.3, 0.4) is 0 Å². The molecule has 0 saturated heterocycles. The molecule has 1 saturated carbocycles. The van der Waals surface area contributed by atoms with Crippen molar-refractivity contribution in [3.8, 4) is 12.3 Å². The molecule has 1 unspecified atom stereocenters. The molecule has 1 aliphatic rings. The quantitative estimate of drug-likeness (QED) is 0.0207. The fraction of sp³-hybridized carbons (Fsp3) is 0.872. The van der Waals surface area contributed by atoms with Gasteiger partial charge in [0.15, 0.2) is 0 Å². The van der Waals surface area contributed by atoms with Crippen LogP contribution in [0.25, 0.3) is 0 Å². The number of nitrogens with zero attached hydrogens (tertiary/aromatic N) is 1. The molecule has 0 heterocycles. The first-order valence-corrected chi connectivity index (χ1v) is 25.6. The Kier molecular flexibility index (Phi) is 35.0. The fourth-order valence-corrected chi connectivity index (χ4v) is 9.03. The van der Waals surface area contributed by atoms with Crippen LogP contribution in [-0.4, -0.2) is 53.1 Å². The molecule has 1 atom stereocenters. The predicted octanol–water partition coefficient (Wildman–Crippen LogP) is 14.5. The molecular weight excluding hydrogens is 655 g/mol. The Balaban J connectivity index is 2.23. The van der Waals surface area contributed by atoms with Gasteiger partial charge in [0.25, 0.3) is 0 Å². The normalized spacial score (nSPS) is 15.0. The van der Waals surface area contributed by atoms with E-state index in [0.29, 0.717) is 0 Å². The second-order valence-electron chi connectivity index (χ2n) is 16.5. The minimum atomic E-state index is -2.25. The number of rotatable bonds is 38. The highest BCUT2D eigenvalue weighted by Crippen LogP contribution is 2.28. The average Bonchev–Trinajstić information content (AvgIpc) is 3.13. The first-order chi connectivity index (χ1) is 25.5.